The maximum Gasteiger partial charge on any atom is 0.203 e. The fourth-order valence-corrected chi connectivity index (χ4v) is 7.60. The van der Waals surface area contributed by atoms with Gasteiger partial charge >= 0.3 is 0 Å². The van der Waals surface area contributed by atoms with Gasteiger partial charge in [0.15, 0.2) is 5.01 Å². The fraction of sp³-hybridized carbons (Fsp3) is 0.310. The highest BCUT2D eigenvalue weighted by Gasteiger charge is 2.49. The van der Waals surface area contributed by atoms with E-state index in [0.717, 1.165) is 59.3 Å². The third kappa shape index (κ3) is 4.50. The van der Waals surface area contributed by atoms with Crippen molar-refractivity contribution in [1.29, 1.82) is 0 Å². The molecule has 7 rings (SSSR count). The number of piperidine rings is 1. The van der Waals surface area contributed by atoms with E-state index >= 15 is 0 Å². The van der Waals surface area contributed by atoms with Gasteiger partial charge in [0.2, 0.25) is 5.78 Å². The van der Waals surface area contributed by atoms with E-state index in [0.29, 0.717) is 18.0 Å². The number of carbonyl (C=O) groups excluding carboxylic acids is 1. The Bertz CT molecular complexity index is 1530. The molecule has 3 aliphatic rings. The van der Waals surface area contributed by atoms with Gasteiger partial charge in [0.25, 0.3) is 0 Å². The lowest BCUT2D eigenvalue weighted by Gasteiger charge is -2.44. The van der Waals surface area contributed by atoms with Crippen LogP contribution in [0.15, 0.2) is 70.8 Å². The maximum absolute atomic E-state index is 14.1. The van der Waals surface area contributed by atoms with E-state index in [1.807, 2.05) is 22.5 Å². The van der Waals surface area contributed by atoms with Gasteiger partial charge in [0.05, 0.1) is 23.0 Å². The molecular formula is C29H27FN6OS2. The molecule has 1 aliphatic carbocycles. The summed E-state index contributed by atoms with van der Waals surface area (Å²) in [6.07, 6.45) is 11.4. The molecule has 0 amide bonds. The van der Waals surface area contributed by atoms with Gasteiger partial charge in [0, 0.05) is 48.8 Å². The molecule has 3 aromatic heterocycles. The second kappa shape index (κ2) is 10.0. The van der Waals surface area contributed by atoms with Crippen molar-refractivity contribution in [2.24, 2.45) is 5.41 Å². The minimum absolute atomic E-state index is 0.0664. The van der Waals surface area contributed by atoms with E-state index in [9.17, 15) is 9.18 Å². The van der Waals surface area contributed by atoms with Crippen molar-refractivity contribution in [1.82, 2.24) is 24.1 Å². The molecule has 7 nitrogen and oxygen atoms in total. The number of rotatable bonds is 6. The van der Waals surface area contributed by atoms with Crippen LogP contribution >= 0.6 is 23.3 Å². The van der Waals surface area contributed by atoms with Crippen LogP contribution in [0.5, 0.6) is 0 Å². The van der Waals surface area contributed by atoms with Crippen molar-refractivity contribution in [2.45, 2.75) is 30.6 Å². The molecule has 0 radical (unpaired) electrons. The van der Waals surface area contributed by atoms with Gasteiger partial charge in [-0.2, -0.15) is 5.10 Å². The van der Waals surface area contributed by atoms with Gasteiger partial charge in [0.1, 0.15) is 11.6 Å². The van der Waals surface area contributed by atoms with Crippen LogP contribution in [0.25, 0.3) is 11.8 Å². The highest BCUT2D eigenvalue weighted by atomic mass is 32.2. The van der Waals surface area contributed by atoms with Crippen molar-refractivity contribution < 1.29 is 9.18 Å². The molecule has 0 bridgehead atoms. The number of fused-ring (bicyclic) bond motifs is 2. The van der Waals surface area contributed by atoms with E-state index in [4.69, 9.17) is 4.98 Å². The van der Waals surface area contributed by atoms with Crippen molar-refractivity contribution >= 4 is 41.0 Å². The number of aromatic nitrogens is 4. The van der Waals surface area contributed by atoms with Crippen LogP contribution in [-0.2, 0) is 6.42 Å². The first kappa shape index (κ1) is 24.7. The smallest absolute Gasteiger partial charge is 0.203 e. The van der Waals surface area contributed by atoms with Crippen LogP contribution in [0.1, 0.15) is 40.3 Å². The average Bonchev–Trinajstić information content (AvgIpc) is 3.75. The van der Waals surface area contributed by atoms with Crippen LogP contribution in [0, 0.1) is 11.2 Å². The zero-order valence-electron chi connectivity index (χ0n) is 21.3. The fourth-order valence-electron chi connectivity index (χ4n) is 5.93. The molecule has 5 heterocycles. The van der Waals surface area contributed by atoms with Crippen LogP contribution < -0.4 is 4.90 Å². The maximum atomic E-state index is 14.1. The molecule has 39 heavy (non-hydrogen) atoms. The minimum Gasteiger partial charge on any atom is -0.357 e. The Morgan fingerprint density at radius 3 is 2.62 bits per heavy atom. The van der Waals surface area contributed by atoms with Crippen LogP contribution in [0.4, 0.5) is 10.2 Å². The average molecular weight is 559 g/mol. The Labute approximate surface area is 234 Å². The predicted molar refractivity (Wildman–Crippen MR) is 152 cm³/mol. The van der Waals surface area contributed by atoms with Gasteiger partial charge < -0.3 is 4.90 Å². The van der Waals surface area contributed by atoms with Crippen molar-refractivity contribution in [3.8, 4) is 5.69 Å². The second-order valence-electron chi connectivity index (χ2n) is 10.3. The highest BCUT2D eigenvalue weighted by molar-refractivity contribution is 7.97. The summed E-state index contributed by atoms with van der Waals surface area (Å²) in [5.74, 6) is 0.822. The van der Waals surface area contributed by atoms with Crippen LogP contribution in [0.2, 0.25) is 0 Å². The summed E-state index contributed by atoms with van der Waals surface area (Å²) in [4.78, 5) is 26.6. The summed E-state index contributed by atoms with van der Waals surface area (Å²) in [7, 11) is 0. The van der Waals surface area contributed by atoms with Gasteiger partial charge in [-0.1, -0.05) is 5.57 Å². The molecule has 1 aromatic carbocycles. The zero-order chi connectivity index (χ0) is 26.4. The first-order valence-electron chi connectivity index (χ1n) is 13.2. The first-order valence-corrected chi connectivity index (χ1v) is 14.9. The molecule has 4 aromatic rings. The van der Waals surface area contributed by atoms with Crippen molar-refractivity contribution in [3.05, 3.63) is 88.0 Å². The molecular weight excluding hydrogens is 531 g/mol. The molecule has 0 saturated carbocycles. The summed E-state index contributed by atoms with van der Waals surface area (Å²) in [5, 5.41) is 7.03. The monoisotopic (exact) mass is 558 g/mol. The third-order valence-corrected chi connectivity index (χ3v) is 9.69. The van der Waals surface area contributed by atoms with Gasteiger partial charge in [-0.3, -0.25) is 4.79 Å². The number of nitrogens with zero attached hydrogens (tertiary/aromatic N) is 6. The number of pyridine rings is 1. The molecule has 198 valence electrons. The van der Waals surface area contributed by atoms with Crippen LogP contribution in [0.3, 0.4) is 0 Å². The van der Waals surface area contributed by atoms with Gasteiger partial charge in [-0.25, -0.2) is 23.3 Å². The van der Waals surface area contributed by atoms with Crippen molar-refractivity contribution in [2.75, 3.05) is 31.1 Å². The van der Waals surface area contributed by atoms with E-state index in [1.54, 1.807) is 30.3 Å². The number of carbonyl (C=O) groups is 1. The van der Waals surface area contributed by atoms with Crippen molar-refractivity contribution in [3.63, 3.8) is 0 Å². The number of hydrogen-bond acceptors (Lipinski definition) is 8. The Morgan fingerprint density at radius 1 is 1.03 bits per heavy atom. The predicted octanol–water partition coefficient (Wildman–Crippen LogP) is 5.68. The molecule has 0 spiro atoms. The lowest BCUT2D eigenvalue weighted by Crippen LogP contribution is -2.49. The number of ketones is 1. The lowest BCUT2D eigenvalue weighted by molar-refractivity contribution is 0.0781. The molecule has 10 heteroatoms. The summed E-state index contributed by atoms with van der Waals surface area (Å²) < 4.78 is 17.7. The summed E-state index contributed by atoms with van der Waals surface area (Å²) in [6.45, 7) is 3.54. The Balaban J connectivity index is 1.19. The van der Waals surface area contributed by atoms with E-state index < -0.39 is 5.41 Å². The number of thiazole rings is 1. The third-order valence-electron chi connectivity index (χ3n) is 7.90. The lowest BCUT2D eigenvalue weighted by atomic mass is 9.66. The summed E-state index contributed by atoms with van der Waals surface area (Å²) in [6, 6.07) is 10.6. The van der Waals surface area contributed by atoms with Gasteiger partial charge in [-0.05, 0) is 85.7 Å². The molecule has 1 unspecified atom stereocenters. The number of halogens is 1. The normalized spacial score (nSPS) is 20.9. The zero-order valence-corrected chi connectivity index (χ0v) is 22.9. The second-order valence-corrected chi connectivity index (χ2v) is 12.4. The molecule has 2 saturated heterocycles. The Hall–Kier alpha value is -3.34. The first-order chi connectivity index (χ1) is 19.1. The number of Topliss-reactive ketones (excluding diaryl/α,β-unsaturated/α-hetero) is 1. The number of anilines is 1. The molecule has 0 N–H and O–H groups in total. The van der Waals surface area contributed by atoms with E-state index in [2.05, 4.69) is 37.5 Å². The minimum atomic E-state index is -0.713. The topological polar surface area (TPSA) is 67.2 Å². The Morgan fingerprint density at radius 2 is 1.87 bits per heavy atom. The Kier molecular flexibility index (Phi) is 6.33. The van der Waals surface area contributed by atoms with E-state index in [-0.39, 0.29) is 11.6 Å². The molecule has 1 atom stereocenters. The summed E-state index contributed by atoms with van der Waals surface area (Å²) in [5.41, 5.74) is 3.17. The number of benzene rings is 1. The highest BCUT2D eigenvalue weighted by Crippen LogP contribution is 2.48. The van der Waals surface area contributed by atoms with E-state index in [1.165, 1.54) is 36.3 Å². The standard InChI is InChI=1S/C29H27FN6OS2/c30-22-3-5-23(6-4-22)36-25-15-21-9-13-35(39-24-7-8-26(32-18-24)34-11-1-2-12-34)19-29(21,16-20(25)17-33-36)27(37)28-31-10-14-38-28/h3-8,10,14-15,17-18H,1-2,9,11-13,16,19H2. The molecule has 2 fully saturated rings. The summed E-state index contributed by atoms with van der Waals surface area (Å²) >= 11 is 3.06. The van der Waals surface area contributed by atoms with Crippen LogP contribution in [-0.4, -0.2) is 56.0 Å². The SMILES string of the molecule is O=C(c1nccs1)C12Cc3cnn(-c4ccc(F)cc4)c3C=C1CCN(Sc1ccc(N3CCCC3)nc1)C2. The number of hydrogen-bond donors (Lipinski definition) is 0. The quantitative estimate of drug-likeness (QED) is 0.223. The largest absolute Gasteiger partial charge is 0.357 e. The molecule has 2 aliphatic heterocycles. The van der Waals surface area contributed by atoms with Gasteiger partial charge in [-0.15, -0.1) is 11.3 Å².